The molecule has 2 aromatic rings. The second-order valence-corrected chi connectivity index (χ2v) is 5.59. The van der Waals surface area contributed by atoms with Crippen LogP contribution in [0.2, 0.25) is 0 Å². The van der Waals surface area contributed by atoms with E-state index in [4.69, 9.17) is 0 Å². The molecule has 0 heterocycles. The summed E-state index contributed by atoms with van der Waals surface area (Å²) < 4.78 is 14.6. The molecule has 1 amide bonds. The fraction of sp³-hybridized carbons (Fsp3) is 0.188. The summed E-state index contributed by atoms with van der Waals surface area (Å²) in [6, 6.07) is 13.6. The van der Waals surface area contributed by atoms with E-state index in [9.17, 15) is 9.18 Å². The van der Waals surface area contributed by atoms with Gasteiger partial charge in [-0.2, -0.15) is 0 Å². The van der Waals surface area contributed by atoms with Crippen molar-refractivity contribution in [2.45, 2.75) is 13.0 Å². The molecule has 2 N–H and O–H groups in total. The van der Waals surface area contributed by atoms with Gasteiger partial charge in [0.05, 0.1) is 6.54 Å². The quantitative estimate of drug-likeness (QED) is 0.859. The number of carbonyl (C=O) groups excluding carboxylic acids is 1. The fourth-order valence-electron chi connectivity index (χ4n) is 1.92. The Kier molecular flexibility index (Phi) is 5.47. The van der Waals surface area contributed by atoms with Gasteiger partial charge >= 0.3 is 0 Å². The summed E-state index contributed by atoms with van der Waals surface area (Å²) in [6.07, 6.45) is 0. The molecule has 3 nitrogen and oxygen atoms in total. The van der Waals surface area contributed by atoms with Crippen molar-refractivity contribution in [3.8, 4) is 0 Å². The number of amides is 1. The normalized spacial score (nSPS) is 12.0. The van der Waals surface area contributed by atoms with Crippen LogP contribution in [0.3, 0.4) is 0 Å². The lowest BCUT2D eigenvalue weighted by atomic mass is 10.1. The molecule has 21 heavy (non-hydrogen) atoms. The average molecular weight is 351 g/mol. The van der Waals surface area contributed by atoms with Crippen molar-refractivity contribution in [1.29, 1.82) is 0 Å². The standard InChI is InChI=1S/C16H16BrFN2O/c1-11(14-4-2-3-5-15(14)18)19-10-16(21)20-13-8-6-12(17)7-9-13/h2-9,11,19H,10H2,1H3,(H,20,21). The van der Waals surface area contributed by atoms with E-state index in [-0.39, 0.29) is 24.3 Å². The van der Waals surface area contributed by atoms with Crippen LogP contribution in [-0.4, -0.2) is 12.5 Å². The molecule has 2 aromatic carbocycles. The Bertz CT molecular complexity index is 616. The lowest BCUT2D eigenvalue weighted by Crippen LogP contribution is -2.30. The molecule has 0 radical (unpaired) electrons. The number of halogens is 2. The van der Waals surface area contributed by atoms with Crippen LogP contribution in [0.5, 0.6) is 0 Å². The first-order valence-electron chi connectivity index (χ1n) is 6.59. The molecule has 0 saturated heterocycles. The molecule has 0 spiro atoms. The monoisotopic (exact) mass is 350 g/mol. The third kappa shape index (κ3) is 4.65. The van der Waals surface area contributed by atoms with Crippen molar-refractivity contribution >= 4 is 27.5 Å². The molecule has 0 saturated carbocycles. The van der Waals surface area contributed by atoms with Gasteiger partial charge in [0.15, 0.2) is 0 Å². The Hall–Kier alpha value is -1.72. The Morgan fingerprint density at radius 3 is 2.52 bits per heavy atom. The number of hydrogen-bond acceptors (Lipinski definition) is 2. The van der Waals surface area contributed by atoms with Gasteiger partial charge in [0.2, 0.25) is 5.91 Å². The molecule has 5 heteroatoms. The topological polar surface area (TPSA) is 41.1 Å². The molecule has 1 unspecified atom stereocenters. The zero-order valence-electron chi connectivity index (χ0n) is 11.6. The summed E-state index contributed by atoms with van der Waals surface area (Å²) in [5, 5.41) is 5.78. The van der Waals surface area contributed by atoms with Crippen molar-refractivity contribution < 1.29 is 9.18 Å². The summed E-state index contributed by atoms with van der Waals surface area (Å²) in [5.41, 5.74) is 1.28. The summed E-state index contributed by atoms with van der Waals surface area (Å²) in [5.74, 6) is -0.439. The number of hydrogen-bond donors (Lipinski definition) is 2. The molecule has 0 fully saturated rings. The second-order valence-electron chi connectivity index (χ2n) is 4.68. The van der Waals surface area contributed by atoms with Gasteiger partial charge in [-0.1, -0.05) is 34.1 Å². The molecular formula is C16H16BrFN2O. The molecular weight excluding hydrogens is 335 g/mol. The maximum absolute atomic E-state index is 13.6. The molecule has 110 valence electrons. The van der Waals surface area contributed by atoms with Crippen LogP contribution >= 0.6 is 15.9 Å². The predicted molar refractivity (Wildman–Crippen MR) is 85.6 cm³/mol. The fourth-order valence-corrected chi connectivity index (χ4v) is 2.18. The highest BCUT2D eigenvalue weighted by Gasteiger charge is 2.11. The Morgan fingerprint density at radius 1 is 1.19 bits per heavy atom. The van der Waals surface area contributed by atoms with Crippen LogP contribution in [-0.2, 0) is 4.79 Å². The van der Waals surface area contributed by atoms with Crippen LogP contribution in [0.4, 0.5) is 10.1 Å². The minimum atomic E-state index is -0.272. The van der Waals surface area contributed by atoms with Crippen molar-refractivity contribution in [3.63, 3.8) is 0 Å². The second kappa shape index (κ2) is 7.33. The van der Waals surface area contributed by atoms with Crippen LogP contribution in [0.25, 0.3) is 0 Å². The smallest absolute Gasteiger partial charge is 0.238 e. The first kappa shape index (κ1) is 15.7. The van der Waals surface area contributed by atoms with Gasteiger partial charge in [-0.05, 0) is 37.3 Å². The van der Waals surface area contributed by atoms with Gasteiger partial charge in [-0.25, -0.2) is 4.39 Å². The van der Waals surface area contributed by atoms with Crippen LogP contribution in [0.15, 0.2) is 53.0 Å². The van der Waals surface area contributed by atoms with E-state index in [1.165, 1.54) is 6.07 Å². The highest BCUT2D eigenvalue weighted by molar-refractivity contribution is 9.10. The number of rotatable bonds is 5. The first-order chi connectivity index (χ1) is 10.1. The van der Waals surface area contributed by atoms with E-state index in [2.05, 4.69) is 26.6 Å². The van der Waals surface area contributed by atoms with Crippen LogP contribution in [0.1, 0.15) is 18.5 Å². The predicted octanol–water partition coefficient (Wildman–Crippen LogP) is 3.88. The van der Waals surface area contributed by atoms with Crippen LogP contribution < -0.4 is 10.6 Å². The van der Waals surface area contributed by atoms with Gasteiger partial charge < -0.3 is 10.6 Å². The van der Waals surface area contributed by atoms with E-state index in [1.807, 2.05) is 31.2 Å². The molecule has 0 aliphatic heterocycles. The summed E-state index contributed by atoms with van der Waals surface area (Å²) in [4.78, 5) is 11.8. The number of anilines is 1. The number of benzene rings is 2. The maximum Gasteiger partial charge on any atom is 0.238 e. The van der Waals surface area contributed by atoms with Crippen molar-refractivity contribution in [2.75, 3.05) is 11.9 Å². The minimum absolute atomic E-state index is 0.117. The molecule has 2 rings (SSSR count). The van der Waals surface area contributed by atoms with E-state index in [0.29, 0.717) is 5.56 Å². The largest absolute Gasteiger partial charge is 0.325 e. The van der Waals surface area contributed by atoms with Gasteiger partial charge in [-0.15, -0.1) is 0 Å². The first-order valence-corrected chi connectivity index (χ1v) is 7.39. The zero-order chi connectivity index (χ0) is 15.2. The molecule has 0 aliphatic rings. The average Bonchev–Trinajstić information content (AvgIpc) is 2.48. The Balaban J connectivity index is 1.86. The zero-order valence-corrected chi connectivity index (χ0v) is 13.2. The Labute approximate surface area is 131 Å². The SMILES string of the molecule is CC(NCC(=O)Nc1ccc(Br)cc1)c1ccccc1F. The lowest BCUT2D eigenvalue weighted by Gasteiger charge is -2.14. The lowest BCUT2D eigenvalue weighted by molar-refractivity contribution is -0.115. The van der Waals surface area contributed by atoms with Crippen LogP contribution in [0, 0.1) is 5.82 Å². The molecule has 0 aromatic heterocycles. The third-order valence-corrected chi connectivity index (χ3v) is 3.60. The minimum Gasteiger partial charge on any atom is -0.325 e. The number of nitrogens with one attached hydrogen (secondary N) is 2. The van der Waals surface area contributed by atoms with Gasteiger partial charge in [0.1, 0.15) is 5.82 Å². The maximum atomic E-state index is 13.6. The van der Waals surface area contributed by atoms with E-state index in [1.54, 1.807) is 18.2 Å². The molecule has 0 bridgehead atoms. The van der Waals surface area contributed by atoms with Crippen molar-refractivity contribution in [1.82, 2.24) is 5.32 Å². The van der Waals surface area contributed by atoms with Gasteiger partial charge in [0, 0.05) is 21.8 Å². The van der Waals surface area contributed by atoms with Crippen molar-refractivity contribution in [2.24, 2.45) is 0 Å². The highest BCUT2D eigenvalue weighted by Crippen LogP contribution is 2.16. The van der Waals surface area contributed by atoms with E-state index in [0.717, 1.165) is 10.2 Å². The summed E-state index contributed by atoms with van der Waals surface area (Å²) >= 11 is 3.33. The van der Waals surface area contributed by atoms with Gasteiger partial charge in [-0.3, -0.25) is 4.79 Å². The molecule has 0 aliphatic carbocycles. The third-order valence-electron chi connectivity index (χ3n) is 3.07. The number of carbonyl (C=O) groups is 1. The Morgan fingerprint density at radius 2 is 1.86 bits per heavy atom. The van der Waals surface area contributed by atoms with E-state index >= 15 is 0 Å². The summed E-state index contributed by atoms with van der Waals surface area (Å²) in [6.45, 7) is 1.94. The summed E-state index contributed by atoms with van der Waals surface area (Å²) in [7, 11) is 0. The highest BCUT2D eigenvalue weighted by atomic mass is 79.9. The van der Waals surface area contributed by atoms with Gasteiger partial charge in [0.25, 0.3) is 0 Å². The van der Waals surface area contributed by atoms with E-state index < -0.39 is 0 Å². The van der Waals surface area contributed by atoms with Crippen molar-refractivity contribution in [3.05, 3.63) is 64.4 Å². The molecule has 1 atom stereocenters.